The van der Waals surface area contributed by atoms with E-state index in [1.54, 1.807) is 4.90 Å². The fourth-order valence-electron chi connectivity index (χ4n) is 2.94. The van der Waals surface area contributed by atoms with Crippen molar-refractivity contribution in [2.24, 2.45) is 5.92 Å². The van der Waals surface area contributed by atoms with E-state index in [2.05, 4.69) is 11.4 Å². The number of urea groups is 1. The van der Waals surface area contributed by atoms with Crippen molar-refractivity contribution in [1.82, 2.24) is 10.2 Å². The molecule has 0 spiro atoms. The van der Waals surface area contributed by atoms with Gasteiger partial charge in [-0.15, -0.1) is 0 Å². The van der Waals surface area contributed by atoms with Crippen LogP contribution in [0.5, 0.6) is 0 Å². The fourth-order valence-corrected chi connectivity index (χ4v) is 2.94. The van der Waals surface area contributed by atoms with Gasteiger partial charge in [0.15, 0.2) is 0 Å². The standard InChI is InChI=1S/C15H24N2O3/c18-14(19)13-7-4-10-17(11-13)15(20)16-9-8-12-5-2-1-3-6-12/h5,13H,1-4,6-11H2,(H,16,20)(H,18,19)/t13-/m1/s1. The minimum Gasteiger partial charge on any atom is -0.481 e. The predicted molar refractivity (Wildman–Crippen MR) is 76.5 cm³/mol. The second-order valence-corrected chi connectivity index (χ2v) is 5.71. The van der Waals surface area contributed by atoms with Crippen molar-refractivity contribution in [1.29, 1.82) is 0 Å². The number of carboxylic acid groups (broad SMARTS) is 1. The molecule has 112 valence electrons. The van der Waals surface area contributed by atoms with Gasteiger partial charge < -0.3 is 15.3 Å². The van der Waals surface area contributed by atoms with Crippen LogP contribution in [0.15, 0.2) is 11.6 Å². The van der Waals surface area contributed by atoms with E-state index in [9.17, 15) is 9.59 Å². The lowest BCUT2D eigenvalue weighted by Crippen LogP contribution is -2.47. The molecule has 5 nitrogen and oxygen atoms in total. The van der Waals surface area contributed by atoms with Gasteiger partial charge in [-0.2, -0.15) is 0 Å². The van der Waals surface area contributed by atoms with Crippen LogP contribution in [-0.2, 0) is 4.79 Å². The minimum absolute atomic E-state index is 0.118. The van der Waals surface area contributed by atoms with Gasteiger partial charge in [-0.1, -0.05) is 11.6 Å². The van der Waals surface area contributed by atoms with Crippen molar-refractivity contribution >= 4 is 12.0 Å². The summed E-state index contributed by atoms with van der Waals surface area (Å²) in [6.45, 7) is 1.65. The number of nitrogens with zero attached hydrogens (tertiary/aromatic N) is 1. The number of carboxylic acids is 1. The maximum absolute atomic E-state index is 12.0. The number of amides is 2. The van der Waals surface area contributed by atoms with Crippen molar-refractivity contribution < 1.29 is 14.7 Å². The van der Waals surface area contributed by atoms with E-state index in [1.807, 2.05) is 0 Å². The molecule has 0 unspecified atom stereocenters. The average Bonchev–Trinajstić information content (AvgIpc) is 2.48. The van der Waals surface area contributed by atoms with Gasteiger partial charge in [-0.25, -0.2) is 4.79 Å². The number of piperidine rings is 1. The van der Waals surface area contributed by atoms with Crippen LogP contribution < -0.4 is 5.32 Å². The van der Waals surface area contributed by atoms with Gasteiger partial charge in [0.1, 0.15) is 0 Å². The zero-order valence-corrected chi connectivity index (χ0v) is 11.9. The Morgan fingerprint density at radius 2 is 2.20 bits per heavy atom. The van der Waals surface area contributed by atoms with Crippen molar-refractivity contribution in [2.75, 3.05) is 19.6 Å². The monoisotopic (exact) mass is 280 g/mol. The van der Waals surface area contributed by atoms with E-state index in [-0.39, 0.29) is 6.03 Å². The lowest BCUT2D eigenvalue weighted by Gasteiger charge is -2.30. The molecule has 5 heteroatoms. The summed E-state index contributed by atoms with van der Waals surface area (Å²) < 4.78 is 0. The fraction of sp³-hybridized carbons (Fsp3) is 0.733. The van der Waals surface area contributed by atoms with Crippen LogP contribution in [-0.4, -0.2) is 41.6 Å². The Labute approximate surface area is 120 Å². The lowest BCUT2D eigenvalue weighted by molar-refractivity contribution is -0.143. The second-order valence-electron chi connectivity index (χ2n) is 5.71. The van der Waals surface area contributed by atoms with Crippen LogP contribution in [0.4, 0.5) is 4.79 Å². The highest BCUT2D eigenvalue weighted by Gasteiger charge is 2.27. The molecule has 1 aliphatic heterocycles. The number of likely N-dealkylation sites (tertiary alicyclic amines) is 1. The van der Waals surface area contributed by atoms with Crippen molar-refractivity contribution in [3.63, 3.8) is 0 Å². The van der Waals surface area contributed by atoms with Crippen molar-refractivity contribution in [3.8, 4) is 0 Å². The van der Waals surface area contributed by atoms with E-state index in [0.29, 0.717) is 26.1 Å². The Hall–Kier alpha value is -1.52. The molecule has 2 rings (SSSR count). The predicted octanol–water partition coefficient (Wildman–Crippen LogP) is 2.38. The number of allylic oxidation sites excluding steroid dienone is 1. The molecule has 1 fully saturated rings. The summed E-state index contributed by atoms with van der Waals surface area (Å²) in [6.07, 6.45) is 9.50. The minimum atomic E-state index is -0.796. The molecular formula is C15H24N2O3. The summed E-state index contributed by atoms with van der Waals surface area (Å²) in [5.41, 5.74) is 1.44. The first-order chi connectivity index (χ1) is 9.66. The third-order valence-electron chi connectivity index (χ3n) is 4.17. The van der Waals surface area contributed by atoms with Crippen LogP contribution >= 0.6 is 0 Å². The number of carbonyl (C=O) groups excluding carboxylic acids is 1. The van der Waals surface area contributed by atoms with Gasteiger partial charge in [0.05, 0.1) is 5.92 Å². The quantitative estimate of drug-likeness (QED) is 0.777. The lowest BCUT2D eigenvalue weighted by atomic mass is 9.97. The molecule has 0 bridgehead atoms. The molecule has 0 aromatic heterocycles. The number of hydrogen-bond donors (Lipinski definition) is 2. The molecule has 0 saturated carbocycles. The largest absolute Gasteiger partial charge is 0.481 e. The zero-order chi connectivity index (χ0) is 14.4. The molecule has 2 aliphatic rings. The summed E-state index contributed by atoms with van der Waals surface area (Å²) in [6, 6.07) is -0.118. The first kappa shape index (κ1) is 14.9. The summed E-state index contributed by atoms with van der Waals surface area (Å²) in [5.74, 6) is -1.20. The number of carbonyl (C=O) groups is 2. The van der Waals surface area contributed by atoms with Crippen molar-refractivity contribution in [2.45, 2.75) is 44.9 Å². The molecular weight excluding hydrogens is 256 g/mol. The third-order valence-corrected chi connectivity index (χ3v) is 4.17. The molecule has 1 saturated heterocycles. The van der Waals surface area contributed by atoms with Crippen LogP contribution in [0.25, 0.3) is 0 Å². The maximum atomic E-state index is 12.0. The molecule has 1 aliphatic carbocycles. The average molecular weight is 280 g/mol. The summed E-state index contributed by atoms with van der Waals surface area (Å²) in [4.78, 5) is 24.6. The van der Waals surface area contributed by atoms with Gasteiger partial charge in [-0.3, -0.25) is 4.79 Å². The summed E-state index contributed by atoms with van der Waals surface area (Å²) >= 11 is 0. The van der Waals surface area contributed by atoms with Crippen LogP contribution in [0, 0.1) is 5.92 Å². The Balaban J connectivity index is 1.71. The third kappa shape index (κ3) is 4.25. The first-order valence-electron chi connectivity index (χ1n) is 7.60. The highest BCUT2D eigenvalue weighted by molar-refractivity contribution is 5.76. The molecule has 0 radical (unpaired) electrons. The SMILES string of the molecule is O=C(O)[C@@H]1CCCN(C(=O)NCCC2=CCCCC2)C1. The Kier molecular flexibility index (Phi) is 5.44. The van der Waals surface area contributed by atoms with Crippen molar-refractivity contribution in [3.05, 3.63) is 11.6 Å². The Morgan fingerprint density at radius 3 is 2.90 bits per heavy atom. The van der Waals surface area contributed by atoms with Gasteiger partial charge in [-0.05, 0) is 44.9 Å². The number of hydrogen-bond acceptors (Lipinski definition) is 2. The highest BCUT2D eigenvalue weighted by atomic mass is 16.4. The summed E-state index contributed by atoms with van der Waals surface area (Å²) in [7, 11) is 0. The second kappa shape index (κ2) is 7.31. The maximum Gasteiger partial charge on any atom is 0.317 e. The number of aliphatic carboxylic acids is 1. The molecule has 20 heavy (non-hydrogen) atoms. The zero-order valence-electron chi connectivity index (χ0n) is 11.9. The normalized spacial score (nSPS) is 23.1. The number of rotatable bonds is 4. The molecule has 0 aromatic rings. The Bertz CT molecular complexity index is 393. The van der Waals surface area contributed by atoms with E-state index in [0.717, 1.165) is 25.7 Å². The van der Waals surface area contributed by atoms with Gasteiger partial charge in [0.25, 0.3) is 0 Å². The Morgan fingerprint density at radius 1 is 1.35 bits per heavy atom. The first-order valence-corrected chi connectivity index (χ1v) is 7.60. The van der Waals surface area contributed by atoms with E-state index >= 15 is 0 Å². The highest BCUT2D eigenvalue weighted by Crippen LogP contribution is 2.20. The molecule has 1 atom stereocenters. The smallest absolute Gasteiger partial charge is 0.317 e. The van der Waals surface area contributed by atoms with Gasteiger partial charge in [0, 0.05) is 19.6 Å². The van der Waals surface area contributed by atoms with Gasteiger partial charge in [0.2, 0.25) is 0 Å². The van der Waals surface area contributed by atoms with E-state index in [4.69, 9.17) is 5.11 Å². The van der Waals surface area contributed by atoms with E-state index < -0.39 is 11.9 Å². The summed E-state index contributed by atoms with van der Waals surface area (Å²) in [5, 5.41) is 11.9. The molecule has 1 heterocycles. The van der Waals surface area contributed by atoms with E-state index in [1.165, 1.54) is 18.4 Å². The van der Waals surface area contributed by atoms with Gasteiger partial charge >= 0.3 is 12.0 Å². The number of nitrogens with one attached hydrogen (secondary N) is 1. The van der Waals surface area contributed by atoms with Crippen LogP contribution in [0.2, 0.25) is 0 Å². The molecule has 0 aromatic carbocycles. The van der Waals surface area contributed by atoms with Crippen LogP contribution in [0.1, 0.15) is 44.9 Å². The molecule has 2 N–H and O–H groups in total. The van der Waals surface area contributed by atoms with Crippen LogP contribution in [0.3, 0.4) is 0 Å². The topological polar surface area (TPSA) is 69.6 Å². The molecule has 2 amide bonds.